The molecular formula is C18H22ClN. The van der Waals surface area contributed by atoms with Crippen LogP contribution in [-0.2, 0) is 13.0 Å². The summed E-state index contributed by atoms with van der Waals surface area (Å²) in [5, 5.41) is 4.41. The third-order valence-electron chi connectivity index (χ3n) is 3.73. The van der Waals surface area contributed by atoms with E-state index < -0.39 is 0 Å². The van der Waals surface area contributed by atoms with Gasteiger partial charge < -0.3 is 5.32 Å². The average molecular weight is 288 g/mol. The summed E-state index contributed by atoms with van der Waals surface area (Å²) in [4.78, 5) is 0. The first-order chi connectivity index (χ1) is 9.56. The molecule has 1 N–H and O–H groups in total. The molecule has 2 aromatic carbocycles. The Morgan fingerprint density at radius 3 is 2.20 bits per heavy atom. The zero-order valence-electron chi connectivity index (χ0n) is 12.4. The summed E-state index contributed by atoms with van der Waals surface area (Å²) in [5.41, 5.74) is 5.44. The molecule has 2 rings (SSSR count). The predicted molar refractivity (Wildman–Crippen MR) is 87.4 cm³/mol. The summed E-state index contributed by atoms with van der Waals surface area (Å²) in [7, 11) is 0. The van der Waals surface area contributed by atoms with Crippen LogP contribution in [0.2, 0.25) is 5.02 Å². The van der Waals surface area contributed by atoms with Gasteiger partial charge in [-0.2, -0.15) is 0 Å². The molecule has 2 aromatic rings. The third-order valence-corrected chi connectivity index (χ3v) is 3.98. The lowest BCUT2D eigenvalue weighted by molar-refractivity contribution is 0.543. The second-order valence-corrected chi connectivity index (χ2v) is 5.92. The molecule has 0 aliphatic heterocycles. The minimum absolute atomic E-state index is 0.440. The van der Waals surface area contributed by atoms with Crippen molar-refractivity contribution in [1.29, 1.82) is 0 Å². The number of rotatable bonds is 5. The largest absolute Gasteiger partial charge is 0.310 e. The number of aryl methyl sites for hydroxylation is 2. The number of halogens is 1. The Bertz CT molecular complexity index is 540. The minimum atomic E-state index is 0.440. The van der Waals surface area contributed by atoms with Crippen LogP contribution < -0.4 is 5.32 Å². The molecule has 0 bridgehead atoms. The summed E-state index contributed by atoms with van der Waals surface area (Å²) < 4.78 is 0. The molecule has 0 radical (unpaired) electrons. The molecule has 0 aromatic heterocycles. The molecule has 0 saturated heterocycles. The lowest BCUT2D eigenvalue weighted by Gasteiger charge is -2.16. The summed E-state index contributed by atoms with van der Waals surface area (Å²) in [6.45, 7) is 7.50. The summed E-state index contributed by atoms with van der Waals surface area (Å²) in [5.74, 6) is 0. The fourth-order valence-electron chi connectivity index (χ4n) is 2.45. The summed E-state index contributed by atoms with van der Waals surface area (Å²) in [6.07, 6.45) is 1.02. The molecule has 0 spiro atoms. The molecule has 0 heterocycles. The zero-order valence-corrected chi connectivity index (χ0v) is 13.2. The van der Waals surface area contributed by atoms with Crippen LogP contribution >= 0.6 is 11.6 Å². The maximum absolute atomic E-state index is 5.91. The van der Waals surface area contributed by atoms with E-state index in [1.165, 1.54) is 22.3 Å². The van der Waals surface area contributed by atoms with Crippen molar-refractivity contribution in [2.24, 2.45) is 0 Å². The van der Waals surface area contributed by atoms with Crippen LogP contribution in [0.4, 0.5) is 0 Å². The number of benzene rings is 2. The first-order valence-corrected chi connectivity index (χ1v) is 7.47. The van der Waals surface area contributed by atoms with E-state index >= 15 is 0 Å². The molecular weight excluding hydrogens is 266 g/mol. The minimum Gasteiger partial charge on any atom is -0.310 e. The van der Waals surface area contributed by atoms with Gasteiger partial charge in [0.25, 0.3) is 0 Å². The van der Waals surface area contributed by atoms with Crippen molar-refractivity contribution in [3.8, 4) is 0 Å². The van der Waals surface area contributed by atoms with Gasteiger partial charge in [0.1, 0.15) is 0 Å². The van der Waals surface area contributed by atoms with Crippen molar-refractivity contribution < 1.29 is 0 Å². The van der Waals surface area contributed by atoms with Crippen molar-refractivity contribution in [3.63, 3.8) is 0 Å². The second-order valence-electron chi connectivity index (χ2n) is 5.48. The molecule has 1 unspecified atom stereocenters. The monoisotopic (exact) mass is 287 g/mol. The molecule has 0 aliphatic carbocycles. The molecule has 2 heteroatoms. The summed E-state index contributed by atoms with van der Waals surface area (Å²) in [6, 6.07) is 15.0. The molecule has 106 valence electrons. The van der Waals surface area contributed by atoms with Crippen LogP contribution in [0.25, 0.3) is 0 Å². The molecule has 0 aliphatic rings. The SMILES string of the molecule is Cc1cccc(C)c1CNC(C)Cc1ccc(Cl)cc1. The maximum atomic E-state index is 5.91. The molecule has 20 heavy (non-hydrogen) atoms. The molecule has 0 amide bonds. The summed E-state index contributed by atoms with van der Waals surface area (Å²) >= 11 is 5.91. The highest BCUT2D eigenvalue weighted by Crippen LogP contribution is 2.14. The smallest absolute Gasteiger partial charge is 0.0406 e. The fraction of sp³-hybridized carbons (Fsp3) is 0.333. The Morgan fingerprint density at radius 2 is 1.60 bits per heavy atom. The van der Waals surface area contributed by atoms with Crippen LogP contribution in [0.5, 0.6) is 0 Å². The van der Waals surface area contributed by atoms with Crippen molar-refractivity contribution >= 4 is 11.6 Å². The van der Waals surface area contributed by atoms with Crippen LogP contribution in [0.1, 0.15) is 29.2 Å². The van der Waals surface area contributed by atoms with Gasteiger partial charge in [0.05, 0.1) is 0 Å². The zero-order chi connectivity index (χ0) is 14.5. The standard InChI is InChI=1S/C18H22ClN/c1-13-5-4-6-14(2)18(13)12-20-15(3)11-16-7-9-17(19)10-8-16/h4-10,15,20H,11-12H2,1-3H3. The van der Waals surface area contributed by atoms with Crippen LogP contribution in [0.3, 0.4) is 0 Å². The first kappa shape index (κ1) is 15.1. The van der Waals surface area contributed by atoms with Crippen molar-refractivity contribution in [1.82, 2.24) is 5.32 Å². The Morgan fingerprint density at radius 1 is 1.00 bits per heavy atom. The van der Waals surface area contributed by atoms with E-state index in [-0.39, 0.29) is 0 Å². The highest BCUT2D eigenvalue weighted by atomic mass is 35.5. The van der Waals surface area contributed by atoms with Gasteiger partial charge in [0.2, 0.25) is 0 Å². The van der Waals surface area contributed by atoms with E-state index in [4.69, 9.17) is 11.6 Å². The van der Waals surface area contributed by atoms with Gasteiger partial charge in [-0.3, -0.25) is 0 Å². The normalized spacial score (nSPS) is 12.4. The van der Waals surface area contributed by atoms with Gasteiger partial charge in [0, 0.05) is 17.6 Å². The Hall–Kier alpha value is -1.31. The van der Waals surface area contributed by atoms with E-state index in [1.807, 2.05) is 12.1 Å². The van der Waals surface area contributed by atoms with E-state index in [2.05, 4.69) is 56.4 Å². The van der Waals surface area contributed by atoms with Gasteiger partial charge in [0.15, 0.2) is 0 Å². The lowest BCUT2D eigenvalue weighted by Crippen LogP contribution is -2.28. The van der Waals surface area contributed by atoms with Gasteiger partial charge in [-0.05, 0) is 61.6 Å². The quantitative estimate of drug-likeness (QED) is 0.842. The van der Waals surface area contributed by atoms with Gasteiger partial charge in [-0.15, -0.1) is 0 Å². The second kappa shape index (κ2) is 6.92. The highest BCUT2D eigenvalue weighted by molar-refractivity contribution is 6.30. The third kappa shape index (κ3) is 4.09. The van der Waals surface area contributed by atoms with E-state index in [9.17, 15) is 0 Å². The van der Waals surface area contributed by atoms with E-state index in [0.717, 1.165) is 18.0 Å². The van der Waals surface area contributed by atoms with Gasteiger partial charge in [-0.25, -0.2) is 0 Å². The molecule has 1 atom stereocenters. The van der Waals surface area contributed by atoms with Crippen LogP contribution in [0.15, 0.2) is 42.5 Å². The number of hydrogen-bond acceptors (Lipinski definition) is 1. The van der Waals surface area contributed by atoms with Gasteiger partial charge in [-0.1, -0.05) is 41.9 Å². The lowest BCUT2D eigenvalue weighted by atomic mass is 10.0. The molecule has 0 fully saturated rings. The van der Waals surface area contributed by atoms with Gasteiger partial charge >= 0.3 is 0 Å². The first-order valence-electron chi connectivity index (χ1n) is 7.09. The van der Waals surface area contributed by atoms with Crippen LogP contribution in [-0.4, -0.2) is 6.04 Å². The average Bonchev–Trinajstić information content (AvgIpc) is 2.41. The predicted octanol–water partition coefficient (Wildman–Crippen LogP) is 4.68. The van der Waals surface area contributed by atoms with Crippen molar-refractivity contribution in [3.05, 3.63) is 69.7 Å². The van der Waals surface area contributed by atoms with E-state index in [1.54, 1.807) is 0 Å². The molecule has 0 saturated carbocycles. The number of nitrogens with one attached hydrogen (secondary N) is 1. The Kier molecular flexibility index (Phi) is 5.22. The number of hydrogen-bond donors (Lipinski definition) is 1. The van der Waals surface area contributed by atoms with Crippen molar-refractivity contribution in [2.75, 3.05) is 0 Å². The van der Waals surface area contributed by atoms with E-state index in [0.29, 0.717) is 6.04 Å². The molecule has 1 nitrogen and oxygen atoms in total. The van der Waals surface area contributed by atoms with Crippen LogP contribution in [0, 0.1) is 13.8 Å². The fourth-order valence-corrected chi connectivity index (χ4v) is 2.58. The highest BCUT2D eigenvalue weighted by Gasteiger charge is 2.06. The maximum Gasteiger partial charge on any atom is 0.0406 e. The Balaban J connectivity index is 1.92. The van der Waals surface area contributed by atoms with Crippen molar-refractivity contribution in [2.45, 2.75) is 39.8 Å². The Labute approximate surface area is 127 Å². The topological polar surface area (TPSA) is 12.0 Å².